The van der Waals surface area contributed by atoms with Crippen molar-refractivity contribution in [1.82, 2.24) is 9.88 Å². The third kappa shape index (κ3) is 3.43. The highest BCUT2D eigenvalue weighted by Crippen LogP contribution is 2.20. The van der Waals surface area contributed by atoms with Crippen LogP contribution < -0.4 is 4.90 Å². The van der Waals surface area contributed by atoms with Crippen LogP contribution in [-0.4, -0.2) is 54.2 Å². The standard InChI is InChI=1S/C13H21N3O2/c1-5-16(10(2)9-15(3)4)11-7-6-8-14-12(11)13(17)18/h6-8,10H,5,9H2,1-4H3,(H,17,18). The fourth-order valence-electron chi connectivity index (χ4n) is 2.14. The molecule has 1 atom stereocenters. The Morgan fingerprint density at radius 3 is 2.67 bits per heavy atom. The van der Waals surface area contributed by atoms with Gasteiger partial charge in [0.1, 0.15) is 0 Å². The molecule has 0 saturated heterocycles. The lowest BCUT2D eigenvalue weighted by molar-refractivity contribution is 0.0691. The topological polar surface area (TPSA) is 56.7 Å². The molecule has 5 nitrogen and oxygen atoms in total. The lowest BCUT2D eigenvalue weighted by Crippen LogP contribution is -2.40. The molecule has 0 aliphatic carbocycles. The van der Waals surface area contributed by atoms with E-state index in [1.54, 1.807) is 6.07 Å². The molecule has 1 aromatic heterocycles. The van der Waals surface area contributed by atoms with Gasteiger partial charge in [0.25, 0.3) is 0 Å². The Hall–Kier alpha value is -1.62. The van der Waals surface area contributed by atoms with E-state index in [9.17, 15) is 9.90 Å². The van der Waals surface area contributed by atoms with Crippen molar-refractivity contribution in [1.29, 1.82) is 0 Å². The number of hydrogen-bond donors (Lipinski definition) is 1. The largest absolute Gasteiger partial charge is 0.476 e. The van der Waals surface area contributed by atoms with E-state index in [4.69, 9.17) is 0 Å². The van der Waals surface area contributed by atoms with Gasteiger partial charge in [-0.15, -0.1) is 0 Å². The lowest BCUT2D eigenvalue weighted by atomic mass is 10.2. The minimum Gasteiger partial charge on any atom is -0.476 e. The number of carboxylic acid groups (broad SMARTS) is 1. The number of nitrogens with zero attached hydrogens (tertiary/aromatic N) is 3. The molecule has 5 heteroatoms. The van der Waals surface area contributed by atoms with Crippen LogP contribution in [0, 0.1) is 0 Å². The van der Waals surface area contributed by atoms with Gasteiger partial charge < -0.3 is 14.9 Å². The summed E-state index contributed by atoms with van der Waals surface area (Å²) in [5.74, 6) is -0.985. The molecule has 0 aliphatic heterocycles. The van der Waals surface area contributed by atoms with E-state index in [1.165, 1.54) is 6.20 Å². The first-order chi connectivity index (χ1) is 8.47. The molecular formula is C13H21N3O2. The van der Waals surface area contributed by atoms with Crippen molar-refractivity contribution < 1.29 is 9.90 Å². The van der Waals surface area contributed by atoms with Crippen LogP contribution in [0.3, 0.4) is 0 Å². The lowest BCUT2D eigenvalue weighted by Gasteiger charge is -2.32. The van der Waals surface area contributed by atoms with Crippen LogP contribution >= 0.6 is 0 Å². The molecule has 1 heterocycles. The zero-order valence-corrected chi connectivity index (χ0v) is 11.4. The van der Waals surface area contributed by atoms with Gasteiger partial charge in [-0.3, -0.25) is 0 Å². The Bertz CT molecular complexity index is 407. The Balaban J connectivity index is 3.05. The second-order valence-electron chi connectivity index (χ2n) is 4.57. The summed E-state index contributed by atoms with van der Waals surface area (Å²) in [4.78, 5) is 19.3. The van der Waals surface area contributed by atoms with Crippen LogP contribution in [0.15, 0.2) is 18.3 Å². The highest BCUT2D eigenvalue weighted by Gasteiger charge is 2.20. The van der Waals surface area contributed by atoms with Crippen molar-refractivity contribution in [3.63, 3.8) is 0 Å². The molecule has 100 valence electrons. The smallest absolute Gasteiger partial charge is 0.356 e. The van der Waals surface area contributed by atoms with Crippen LogP contribution in [0.1, 0.15) is 24.3 Å². The maximum atomic E-state index is 11.2. The predicted octanol–water partition coefficient (Wildman–Crippen LogP) is 1.56. The number of aromatic carboxylic acids is 1. The molecule has 0 bridgehead atoms. The maximum Gasteiger partial charge on any atom is 0.356 e. The van der Waals surface area contributed by atoms with Crippen molar-refractivity contribution in [2.24, 2.45) is 0 Å². The van der Waals surface area contributed by atoms with E-state index in [0.717, 1.165) is 13.1 Å². The van der Waals surface area contributed by atoms with Crippen LogP contribution in [0.5, 0.6) is 0 Å². The van der Waals surface area contributed by atoms with Gasteiger partial charge in [-0.1, -0.05) is 0 Å². The monoisotopic (exact) mass is 251 g/mol. The molecule has 1 N–H and O–H groups in total. The summed E-state index contributed by atoms with van der Waals surface area (Å²) < 4.78 is 0. The van der Waals surface area contributed by atoms with Crippen molar-refractivity contribution in [2.45, 2.75) is 19.9 Å². The first-order valence-corrected chi connectivity index (χ1v) is 6.07. The molecule has 1 unspecified atom stereocenters. The number of carbonyl (C=O) groups is 1. The fraction of sp³-hybridized carbons (Fsp3) is 0.538. The fourth-order valence-corrected chi connectivity index (χ4v) is 2.14. The van der Waals surface area contributed by atoms with E-state index in [-0.39, 0.29) is 11.7 Å². The van der Waals surface area contributed by atoms with Crippen LogP contribution in [-0.2, 0) is 0 Å². The molecule has 0 radical (unpaired) electrons. The zero-order valence-electron chi connectivity index (χ0n) is 11.4. The summed E-state index contributed by atoms with van der Waals surface area (Å²) >= 11 is 0. The third-order valence-electron chi connectivity index (χ3n) is 2.80. The van der Waals surface area contributed by atoms with E-state index in [0.29, 0.717) is 5.69 Å². The molecule has 0 aromatic carbocycles. The molecule has 0 saturated carbocycles. The zero-order chi connectivity index (χ0) is 13.7. The second kappa shape index (κ2) is 6.35. The highest BCUT2D eigenvalue weighted by atomic mass is 16.4. The van der Waals surface area contributed by atoms with E-state index in [2.05, 4.69) is 21.7 Å². The van der Waals surface area contributed by atoms with Crippen molar-refractivity contribution in [3.8, 4) is 0 Å². The van der Waals surface area contributed by atoms with Gasteiger partial charge in [0.2, 0.25) is 0 Å². The molecule has 1 rings (SSSR count). The molecule has 0 amide bonds. The van der Waals surface area contributed by atoms with Crippen LogP contribution in [0.4, 0.5) is 5.69 Å². The number of pyridine rings is 1. The quantitative estimate of drug-likeness (QED) is 0.831. The molecule has 0 aliphatic rings. The summed E-state index contributed by atoms with van der Waals surface area (Å²) in [6.45, 7) is 5.72. The number of likely N-dealkylation sites (N-methyl/N-ethyl adjacent to an activating group) is 2. The minimum absolute atomic E-state index is 0.116. The average molecular weight is 251 g/mol. The predicted molar refractivity (Wildman–Crippen MR) is 72.2 cm³/mol. The Morgan fingerprint density at radius 2 is 2.17 bits per heavy atom. The molecule has 0 fully saturated rings. The van der Waals surface area contributed by atoms with Gasteiger partial charge in [0.05, 0.1) is 5.69 Å². The summed E-state index contributed by atoms with van der Waals surface area (Å²) in [5, 5.41) is 9.17. The molecule has 1 aromatic rings. The van der Waals surface area contributed by atoms with E-state index >= 15 is 0 Å². The first kappa shape index (κ1) is 14.4. The normalized spacial score (nSPS) is 12.5. The number of aromatic nitrogens is 1. The molecule has 0 spiro atoms. The first-order valence-electron chi connectivity index (χ1n) is 6.07. The summed E-state index contributed by atoms with van der Waals surface area (Å²) in [6.07, 6.45) is 1.51. The number of hydrogen-bond acceptors (Lipinski definition) is 4. The SMILES string of the molecule is CCN(c1cccnc1C(=O)O)C(C)CN(C)C. The van der Waals surface area contributed by atoms with Crippen LogP contribution in [0.25, 0.3) is 0 Å². The Kier molecular flexibility index (Phi) is 5.09. The van der Waals surface area contributed by atoms with Gasteiger partial charge in [-0.2, -0.15) is 0 Å². The summed E-state index contributed by atoms with van der Waals surface area (Å²) in [5.41, 5.74) is 0.798. The Morgan fingerprint density at radius 1 is 1.50 bits per heavy atom. The Labute approximate surface area is 108 Å². The van der Waals surface area contributed by atoms with Crippen LogP contribution in [0.2, 0.25) is 0 Å². The summed E-state index contributed by atoms with van der Waals surface area (Å²) in [7, 11) is 4.01. The average Bonchev–Trinajstić information content (AvgIpc) is 2.29. The molecule has 18 heavy (non-hydrogen) atoms. The van der Waals surface area contributed by atoms with E-state index in [1.807, 2.05) is 27.1 Å². The third-order valence-corrected chi connectivity index (χ3v) is 2.80. The highest BCUT2D eigenvalue weighted by molar-refractivity contribution is 5.92. The van der Waals surface area contributed by atoms with E-state index < -0.39 is 5.97 Å². The maximum absolute atomic E-state index is 11.2. The van der Waals surface area contributed by atoms with Gasteiger partial charge in [0.15, 0.2) is 5.69 Å². The molecular weight excluding hydrogens is 230 g/mol. The number of carboxylic acids is 1. The van der Waals surface area contributed by atoms with Gasteiger partial charge in [-0.25, -0.2) is 9.78 Å². The van der Waals surface area contributed by atoms with Crippen molar-refractivity contribution >= 4 is 11.7 Å². The number of anilines is 1. The van der Waals surface area contributed by atoms with Crippen molar-refractivity contribution in [3.05, 3.63) is 24.0 Å². The number of rotatable bonds is 6. The van der Waals surface area contributed by atoms with Gasteiger partial charge >= 0.3 is 5.97 Å². The minimum atomic E-state index is -0.985. The van der Waals surface area contributed by atoms with Gasteiger partial charge in [-0.05, 0) is 40.1 Å². The van der Waals surface area contributed by atoms with Gasteiger partial charge in [0, 0.05) is 25.3 Å². The van der Waals surface area contributed by atoms with Crippen molar-refractivity contribution in [2.75, 3.05) is 32.1 Å². The summed E-state index contributed by atoms with van der Waals surface area (Å²) in [6, 6.07) is 3.81. The second-order valence-corrected chi connectivity index (χ2v) is 4.57.